The zero-order chi connectivity index (χ0) is 13.2. The third-order valence-corrected chi connectivity index (χ3v) is 2.62. The van der Waals surface area contributed by atoms with Gasteiger partial charge in [-0.3, -0.25) is 19.3 Å². The first-order valence-electron chi connectivity index (χ1n) is 5.36. The Morgan fingerprint density at radius 3 is 2.53 bits per heavy atom. The van der Waals surface area contributed by atoms with Crippen LogP contribution in [-0.4, -0.2) is 40.0 Å². The first-order chi connectivity index (χ1) is 7.79. The highest BCUT2D eigenvalue weighted by atomic mass is 16.2. The largest absolute Gasteiger partial charge is 0.361 e. The molecule has 1 fully saturated rings. The van der Waals surface area contributed by atoms with Crippen LogP contribution in [0.4, 0.5) is 0 Å². The number of imide groups is 1. The average Bonchev–Trinajstić information content (AvgIpc) is 2.58. The van der Waals surface area contributed by atoms with Crippen molar-refractivity contribution in [3.63, 3.8) is 0 Å². The number of carbonyl (C=O) groups is 3. The lowest BCUT2D eigenvalue weighted by atomic mass is 9.95. The quantitative estimate of drug-likeness (QED) is 0.299. The van der Waals surface area contributed by atoms with Gasteiger partial charge in [-0.1, -0.05) is 20.8 Å². The molecule has 1 atom stereocenters. The molecule has 1 heterocycles. The second kappa shape index (κ2) is 4.59. The summed E-state index contributed by atoms with van der Waals surface area (Å²) in [6, 6.07) is 0. The van der Waals surface area contributed by atoms with Gasteiger partial charge >= 0.3 is 6.21 Å². The van der Waals surface area contributed by atoms with Gasteiger partial charge in [0.1, 0.15) is 5.92 Å². The summed E-state index contributed by atoms with van der Waals surface area (Å²) in [5.41, 5.74) is 7.59. The fourth-order valence-corrected chi connectivity index (χ4v) is 1.70. The van der Waals surface area contributed by atoms with Crippen LogP contribution in [-0.2, 0) is 14.4 Å². The van der Waals surface area contributed by atoms with Crippen LogP contribution in [0, 0.1) is 11.3 Å². The Bertz CT molecular complexity index is 416. The summed E-state index contributed by atoms with van der Waals surface area (Å²) in [5, 5.41) is 0. The van der Waals surface area contributed by atoms with Gasteiger partial charge in [0.2, 0.25) is 17.6 Å². The maximum atomic E-state index is 11.9. The molecule has 92 valence electrons. The van der Waals surface area contributed by atoms with Crippen molar-refractivity contribution in [2.75, 3.05) is 6.54 Å². The summed E-state index contributed by atoms with van der Waals surface area (Å²) in [4.78, 5) is 38.9. The van der Waals surface area contributed by atoms with Gasteiger partial charge in [0.15, 0.2) is 0 Å². The monoisotopic (exact) mass is 237 g/mol. The van der Waals surface area contributed by atoms with E-state index in [0.717, 1.165) is 4.90 Å². The summed E-state index contributed by atoms with van der Waals surface area (Å²) < 4.78 is 0. The Morgan fingerprint density at radius 1 is 1.47 bits per heavy atom. The van der Waals surface area contributed by atoms with E-state index in [1.54, 1.807) is 20.8 Å². The summed E-state index contributed by atoms with van der Waals surface area (Å²) in [7, 11) is 0. The molecular weight excluding hydrogens is 222 g/mol. The number of ketones is 1. The van der Waals surface area contributed by atoms with E-state index in [0.29, 0.717) is 6.21 Å². The first kappa shape index (κ1) is 13.3. The van der Waals surface area contributed by atoms with Crippen LogP contribution in [0.5, 0.6) is 0 Å². The van der Waals surface area contributed by atoms with Crippen LogP contribution < -0.4 is 0 Å². The predicted octanol–water partition coefficient (Wildman–Crippen LogP) is 0.277. The van der Waals surface area contributed by atoms with Crippen LogP contribution in [0.1, 0.15) is 27.2 Å². The van der Waals surface area contributed by atoms with E-state index in [1.165, 1.54) is 0 Å². The molecule has 1 aliphatic heterocycles. The second-order valence-electron chi connectivity index (χ2n) is 5.03. The van der Waals surface area contributed by atoms with Crippen LogP contribution in [0.25, 0.3) is 5.53 Å². The molecule has 0 aromatic rings. The molecule has 1 saturated heterocycles. The van der Waals surface area contributed by atoms with Crippen molar-refractivity contribution in [2.24, 2.45) is 11.3 Å². The minimum absolute atomic E-state index is 0.241. The Balaban J connectivity index is 2.85. The molecular formula is C11H15N3O3. The van der Waals surface area contributed by atoms with Crippen molar-refractivity contribution in [3.05, 3.63) is 5.53 Å². The minimum Gasteiger partial charge on any atom is -0.361 e. The lowest BCUT2D eigenvalue weighted by molar-refractivity contribution is -0.149. The Kier molecular flexibility index (Phi) is 3.58. The lowest BCUT2D eigenvalue weighted by Gasteiger charge is -2.23. The zero-order valence-corrected chi connectivity index (χ0v) is 10.1. The topological polar surface area (TPSA) is 90.8 Å². The van der Waals surface area contributed by atoms with Gasteiger partial charge in [0.05, 0.1) is 0 Å². The zero-order valence-electron chi connectivity index (χ0n) is 10.1. The molecule has 6 nitrogen and oxygen atoms in total. The molecule has 17 heavy (non-hydrogen) atoms. The number of hydrogen-bond acceptors (Lipinski definition) is 3. The highest BCUT2D eigenvalue weighted by Gasteiger charge is 2.43. The van der Waals surface area contributed by atoms with E-state index in [2.05, 4.69) is 4.79 Å². The van der Waals surface area contributed by atoms with E-state index < -0.39 is 23.0 Å². The third kappa shape index (κ3) is 2.65. The van der Waals surface area contributed by atoms with Crippen molar-refractivity contribution in [1.82, 2.24) is 4.90 Å². The minimum atomic E-state index is -0.891. The molecule has 1 aliphatic rings. The van der Waals surface area contributed by atoms with E-state index in [9.17, 15) is 14.4 Å². The number of amides is 2. The highest BCUT2D eigenvalue weighted by molar-refractivity contribution is 6.32. The molecule has 6 heteroatoms. The summed E-state index contributed by atoms with van der Waals surface area (Å²) in [6.45, 7) is 5.39. The van der Waals surface area contributed by atoms with Crippen molar-refractivity contribution >= 4 is 23.8 Å². The van der Waals surface area contributed by atoms with E-state index in [4.69, 9.17) is 5.53 Å². The SMILES string of the molecule is CC(C)(C)C(=O)N1CCC(C(=O)C=[N+]=[N-])C1=O. The second-order valence-corrected chi connectivity index (χ2v) is 5.03. The Morgan fingerprint density at radius 2 is 2.06 bits per heavy atom. The van der Waals surface area contributed by atoms with E-state index in [1.807, 2.05) is 0 Å². The third-order valence-electron chi connectivity index (χ3n) is 2.62. The molecule has 0 bridgehead atoms. The van der Waals surface area contributed by atoms with Crippen LogP contribution >= 0.6 is 0 Å². The number of likely N-dealkylation sites (tertiary alicyclic amines) is 1. The Hall–Kier alpha value is -1.81. The molecule has 0 aromatic heterocycles. The van der Waals surface area contributed by atoms with Gasteiger partial charge in [-0.15, -0.1) is 0 Å². The fraction of sp³-hybridized carbons (Fsp3) is 0.636. The normalized spacial score (nSPS) is 20.1. The Labute approximate surface area is 99.2 Å². The van der Waals surface area contributed by atoms with Crippen LogP contribution in [0.2, 0.25) is 0 Å². The van der Waals surface area contributed by atoms with Gasteiger partial charge in [-0.25, -0.2) is 0 Å². The van der Waals surface area contributed by atoms with Gasteiger partial charge in [-0.05, 0) is 6.42 Å². The van der Waals surface area contributed by atoms with E-state index >= 15 is 0 Å². The highest BCUT2D eigenvalue weighted by Crippen LogP contribution is 2.25. The molecule has 1 rings (SSSR count). The number of rotatable bonds is 2. The van der Waals surface area contributed by atoms with Crippen molar-refractivity contribution in [2.45, 2.75) is 27.2 Å². The maximum Gasteiger partial charge on any atom is 0.323 e. The smallest absolute Gasteiger partial charge is 0.323 e. The summed E-state index contributed by atoms with van der Waals surface area (Å²) >= 11 is 0. The van der Waals surface area contributed by atoms with Crippen LogP contribution in [0.3, 0.4) is 0 Å². The molecule has 0 radical (unpaired) electrons. The van der Waals surface area contributed by atoms with Gasteiger partial charge in [-0.2, -0.15) is 4.79 Å². The molecule has 0 spiro atoms. The number of nitrogens with zero attached hydrogens (tertiary/aromatic N) is 3. The molecule has 1 unspecified atom stereocenters. The van der Waals surface area contributed by atoms with Crippen molar-refractivity contribution < 1.29 is 19.2 Å². The standard InChI is InChI=1S/C11H15N3O3/c1-11(2,3)10(17)14-5-4-7(9(14)16)8(15)6-13-12/h6-7H,4-5H2,1-3H3. The molecule has 0 aromatic carbocycles. The summed E-state index contributed by atoms with van der Waals surface area (Å²) in [6.07, 6.45) is 0.985. The van der Waals surface area contributed by atoms with Crippen LogP contribution in [0.15, 0.2) is 0 Å². The van der Waals surface area contributed by atoms with Gasteiger partial charge in [0, 0.05) is 12.0 Å². The molecule has 2 amide bonds. The number of carbonyl (C=O) groups excluding carboxylic acids is 3. The number of hydrogen-bond donors (Lipinski definition) is 0. The molecule has 0 N–H and O–H groups in total. The molecule has 0 aliphatic carbocycles. The molecule has 0 saturated carbocycles. The van der Waals surface area contributed by atoms with Crippen molar-refractivity contribution in [1.29, 1.82) is 0 Å². The maximum absolute atomic E-state index is 11.9. The predicted molar refractivity (Wildman–Crippen MR) is 59.0 cm³/mol. The first-order valence-corrected chi connectivity index (χ1v) is 5.36. The fourth-order valence-electron chi connectivity index (χ4n) is 1.70. The van der Waals surface area contributed by atoms with Crippen molar-refractivity contribution in [3.8, 4) is 0 Å². The summed E-state index contributed by atoms with van der Waals surface area (Å²) in [5.74, 6) is -2.26. The van der Waals surface area contributed by atoms with E-state index in [-0.39, 0.29) is 18.9 Å². The van der Waals surface area contributed by atoms with Gasteiger partial charge < -0.3 is 5.53 Å². The number of Topliss-reactive ketones (excluding diaryl/α,β-unsaturated/α-hetero) is 1. The lowest BCUT2D eigenvalue weighted by Crippen LogP contribution is -2.42. The average molecular weight is 237 g/mol. The van der Waals surface area contributed by atoms with Gasteiger partial charge in [0.25, 0.3) is 0 Å².